The van der Waals surface area contributed by atoms with E-state index in [2.05, 4.69) is 18.7 Å². The van der Waals surface area contributed by atoms with Crippen LogP contribution < -0.4 is 0 Å². The van der Waals surface area contributed by atoms with Crippen LogP contribution in [0.4, 0.5) is 0 Å². The van der Waals surface area contributed by atoms with Crippen LogP contribution in [0.1, 0.15) is 59.8 Å². The second-order valence-electron chi connectivity index (χ2n) is 5.50. The molecule has 1 aliphatic heterocycles. The number of fused-ring (bicyclic) bond motifs is 1. The monoisotopic (exact) mass is 253 g/mol. The average Bonchev–Trinajstić information content (AvgIpc) is 2.67. The first-order chi connectivity index (χ1) is 8.67. The lowest BCUT2D eigenvalue weighted by Gasteiger charge is -2.30. The number of hydrogen-bond acceptors (Lipinski definition) is 2. The van der Waals surface area contributed by atoms with Gasteiger partial charge in [0.1, 0.15) is 6.23 Å². The topological polar surface area (TPSA) is 23.5 Å². The lowest BCUT2D eigenvalue weighted by molar-refractivity contribution is 0.0195. The van der Waals surface area contributed by atoms with Crippen molar-refractivity contribution in [3.63, 3.8) is 0 Å². The molecule has 0 aromatic heterocycles. The summed E-state index contributed by atoms with van der Waals surface area (Å²) in [6, 6.07) is 0. The first kappa shape index (κ1) is 15.7. The number of allylic oxidation sites excluding steroid dienone is 2. The van der Waals surface area contributed by atoms with E-state index in [0.29, 0.717) is 11.8 Å². The lowest BCUT2D eigenvalue weighted by atomic mass is 9.75. The Kier molecular flexibility index (Phi) is 6.37. The van der Waals surface area contributed by atoms with Crippen molar-refractivity contribution in [1.82, 2.24) is 4.90 Å². The van der Waals surface area contributed by atoms with Gasteiger partial charge in [-0.25, -0.2) is 0 Å². The molecule has 106 valence electrons. The third-order valence-electron chi connectivity index (χ3n) is 4.43. The van der Waals surface area contributed by atoms with Gasteiger partial charge in [0.25, 0.3) is 0 Å². The Morgan fingerprint density at radius 1 is 1.17 bits per heavy atom. The van der Waals surface area contributed by atoms with Crippen molar-refractivity contribution in [2.24, 2.45) is 11.8 Å². The third-order valence-corrected chi connectivity index (χ3v) is 4.43. The van der Waals surface area contributed by atoms with E-state index in [1.54, 1.807) is 11.1 Å². The van der Waals surface area contributed by atoms with E-state index >= 15 is 0 Å². The van der Waals surface area contributed by atoms with Gasteiger partial charge in [0.2, 0.25) is 0 Å². The van der Waals surface area contributed by atoms with Crippen LogP contribution in [0, 0.1) is 11.8 Å². The molecule has 0 saturated carbocycles. The summed E-state index contributed by atoms with van der Waals surface area (Å²) in [4.78, 5) is 2.12. The number of likely N-dealkylation sites (tertiary alicyclic amines) is 1. The van der Waals surface area contributed by atoms with Crippen molar-refractivity contribution in [1.29, 1.82) is 0 Å². The maximum absolute atomic E-state index is 10.1. The quantitative estimate of drug-likeness (QED) is 0.773. The number of rotatable bonds is 3. The number of hydrogen-bond donors (Lipinski definition) is 1. The van der Waals surface area contributed by atoms with E-state index in [-0.39, 0.29) is 6.23 Å². The van der Waals surface area contributed by atoms with Crippen LogP contribution >= 0.6 is 0 Å². The molecule has 3 atom stereocenters. The summed E-state index contributed by atoms with van der Waals surface area (Å²) in [5.41, 5.74) is 3.34. The van der Waals surface area contributed by atoms with Crippen LogP contribution in [0.5, 0.6) is 0 Å². The van der Waals surface area contributed by atoms with Gasteiger partial charge in [-0.1, -0.05) is 45.3 Å². The Labute approximate surface area is 113 Å². The Balaban J connectivity index is 0.000000771. The number of aliphatic hydroxyl groups excluding tert-OH is 1. The van der Waals surface area contributed by atoms with Crippen LogP contribution in [0.2, 0.25) is 0 Å². The molecule has 2 heteroatoms. The van der Waals surface area contributed by atoms with Crippen molar-refractivity contribution in [3.8, 4) is 0 Å². The molecule has 2 aliphatic rings. The highest BCUT2D eigenvalue weighted by atomic mass is 16.3. The summed E-state index contributed by atoms with van der Waals surface area (Å²) >= 11 is 0. The van der Waals surface area contributed by atoms with Crippen molar-refractivity contribution >= 4 is 0 Å². The van der Waals surface area contributed by atoms with Crippen molar-refractivity contribution in [2.75, 3.05) is 13.6 Å². The molecule has 2 nitrogen and oxygen atoms in total. The average molecular weight is 253 g/mol. The summed E-state index contributed by atoms with van der Waals surface area (Å²) in [5.74, 6) is 1.21. The zero-order valence-corrected chi connectivity index (χ0v) is 12.9. The van der Waals surface area contributed by atoms with E-state index in [1.165, 1.54) is 25.7 Å². The SMILES string of the molecule is CC.CCCC1=C(CC)CC2C(C1)CN(C)C2O. The van der Waals surface area contributed by atoms with Gasteiger partial charge in [-0.15, -0.1) is 0 Å². The Morgan fingerprint density at radius 2 is 1.83 bits per heavy atom. The summed E-state index contributed by atoms with van der Waals surface area (Å²) in [6.45, 7) is 9.61. The molecule has 3 unspecified atom stereocenters. The largest absolute Gasteiger partial charge is 0.378 e. The molecule has 0 amide bonds. The normalized spacial score (nSPS) is 32.0. The van der Waals surface area contributed by atoms with Gasteiger partial charge in [-0.05, 0) is 38.6 Å². The smallest absolute Gasteiger partial charge is 0.110 e. The Morgan fingerprint density at radius 3 is 2.39 bits per heavy atom. The molecular formula is C16H31NO. The van der Waals surface area contributed by atoms with Crippen LogP contribution in [-0.2, 0) is 0 Å². The molecule has 18 heavy (non-hydrogen) atoms. The summed E-state index contributed by atoms with van der Waals surface area (Å²) in [5, 5.41) is 10.1. The fraction of sp³-hybridized carbons (Fsp3) is 0.875. The molecule has 1 saturated heterocycles. The number of aliphatic hydroxyl groups is 1. The molecule has 0 aromatic rings. The van der Waals surface area contributed by atoms with Crippen LogP contribution in [0.25, 0.3) is 0 Å². The first-order valence-corrected chi connectivity index (χ1v) is 7.75. The molecule has 0 spiro atoms. The van der Waals surface area contributed by atoms with Gasteiger partial charge in [0, 0.05) is 12.5 Å². The van der Waals surface area contributed by atoms with Crippen molar-refractivity contribution in [2.45, 2.75) is 66.0 Å². The molecule has 1 heterocycles. The van der Waals surface area contributed by atoms with E-state index in [1.807, 2.05) is 20.9 Å². The maximum Gasteiger partial charge on any atom is 0.110 e. The Hall–Kier alpha value is -0.340. The van der Waals surface area contributed by atoms with Gasteiger partial charge >= 0.3 is 0 Å². The van der Waals surface area contributed by atoms with Gasteiger partial charge in [-0.2, -0.15) is 0 Å². The minimum absolute atomic E-state index is 0.199. The van der Waals surface area contributed by atoms with E-state index in [4.69, 9.17) is 0 Å². The van der Waals surface area contributed by atoms with Crippen LogP contribution in [0.15, 0.2) is 11.1 Å². The minimum Gasteiger partial charge on any atom is -0.378 e. The fourth-order valence-corrected chi connectivity index (χ4v) is 3.54. The lowest BCUT2D eigenvalue weighted by Crippen LogP contribution is -2.30. The first-order valence-electron chi connectivity index (χ1n) is 7.75. The summed E-state index contributed by atoms with van der Waals surface area (Å²) in [7, 11) is 2.05. The van der Waals surface area contributed by atoms with Gasteiger partial charge in [-0.3, -0.25) is 4.90 Å². The highest BCUT2D eigenvalue weighted by Crippen LogP contribution is 2.43. The predicted molar refractivity (Wildman–Crippen MR) is 78.4 cm³/mol. The van der Waals surface area contributed by atoms with Crippen LogP contribution in [-0.4, -0.2) is 29.8 Å². The zero-order chi connectivity index (χ0) is 13.7. The van der Waals surface area contributed by atoms with E-state index in [9.17, 15) is 5.11 Å². The summed E-state index contributed by atoms with van der Waals surface area (Å²) in [6.07, 6.45) is 5.88. The molecule has 1 fully saturated rings. The minimum atomic E-state index is -0.199. The summed E-state index contributed by atoms with van der Waals surface area (Å²) < 4.78 is 0. The second-order valence-corrected chi connectivity index (χ2v) is 5.50. The van der Waals surface area contributed by atoms with Crippen molar-refractivity contribution in [3.05, 3.63) is 11.1 Å². The Bertz CT molecular complexity index is 285. The zero-order valence-electron chi connectivity index (χ0n) is 12.9. The van der Waals surface area contributed by atoms with Crippen LogP contribution in [0.3, 0.4) is 0 Å². The van der Waals surface area contributed by atoms with E-state index in [0.717, 1.165) is 13.0 Å². The molecular weight excluding hydrogens is 222 g/mol. The molecule has 0 bridgehead atoms. The predicted octanol–water partition coefficient (Wildman–Crippen LogP) is 3.81. The van der Waals surface area contributed by atoms with E-state index < -0.39 is 0 Å². The highest BCUT2D eigenvalue weighted by Gasteiger charge is 2.41. The van der Waals surface area contributed by atoms with Gasteiger partial charge in [0.15, 0.2) is 0 Å². The number of nitrogens with zero attached hydrogens (tertiary/aromatic N) is 1. The van der Waals surface area contributed by atoms with Gasteiger partial charge < -0.3 is 5.11 Å². The molecule has 1 N–H and O–H groups in total. The fourth-order valence-electron chi connectivity index (χ4n) is 3.54. The second kappa shape index (κ2) is 7.30. The highest BCUT2D eigenvalue weighted by molar-refractivity contribution is 5.21. The molecule has 1 aliphatic carbocycles. The maximum atomic E-state index is 10.1. The van der Waals surface area contributed by atoms with Gasteiger partial charge in [0.05, 0.1) is 0 Å². The third kappa shape index (κ3) is 3.16. The van der Waals surface area contributed by atoms with Crippen molar-refractivity contribution < 1.29 is 5.11 Å². The molecule has 0 aromatic carbocycles. The standard InChI is InChI=1S/C14H25NO.C2H6/c1-4-6-11-7-12-9-15(3)14(16)13(12)8-10(11)5-2;1-2/h12-14,16H,4-9H2,1-3H3;1-2H3. The molecule has 2 rings (SSSR count). The molecule has 0 radical (unpaired) electrons.